The van der Waals surface area contributed by atoms with Gasteiger partial charge in [0.25, 0.3) is 0 Å². The number of esters is 1. The van der Waals surface area contributed by atoms with Crippen LogP contribution in [0, 0.1) is 19.8 Å². The first kappa shape index (κ1) is 23.9. The first-order valence-corrected chi connectivity index (χ1v) is 12.0. The number of amides is 2. The molecule has 2 fully saturated rings. The highest BCUT2D eigenvalue weighted by atomic mass is 16.5. The summed E-state index contributed by atoms with van der Waals surface area (Å²) in [7, 11) is 0. The fraction of sp³-hybridized carbons (Fsp3) is 0.560. The van der Waals surface area contributed by atoms with Gasteiger partial charge in [0.05, 0.1) is 17.6 Å². The van der Waals surface area contributed by atoms with Crippen molar-refractivity contribution < 1.29 is 19.1 Å². The minimum Gasteiger partial charge on any atom is -0.461 e. The second-order valence-corrected chi connectivity index (χ2v) is 9.13. The fourth-order valence-corrected chi connectivity index (χ4v) is 4.70. The van der Waals surface area contributed by atoms with Crippen molar-refractivity contribution in [3.63, 3.8) is 0 Å². The summed E-state index contributed by atoms with van der Waals surface area (Å²) in [4.78, 5) is 52.5. The zero-order valence-corrected chi connectivity index (χ0v) is 20.5. The number of benzene rings is 1. The maximum atomic E-state index is 13.1. The Morgan fingerprint density at radius 1 is 0.912 bits per heavy atom. The number of nitrogens with zero attached hydrogens (tertiary/aromatic N) is 5. The van der Waals surface area contributed by atoms with Gasteiger partial charge in [-0.2, -0.15) is 0 Å². The summed E-state index contributed by atoms with van der Waals surface area (Å²) in [6, 6.07) is 3.93. The van der Waals surface area contributed by atoms with Crippen molar-refractivity contribution in [3.8, 4) is 0 Å². The predicted molar refractivity (Wildman–Crippen MR) is 129 cm³/mol. The summed E-state index contributed by atoms with van der Waals surface area (Å²) >= 11 is 0. The summed E-state index contributed by atoms with van der Waals surface area (Å²) in [6.45, 7) is 11.2. The van der Waals surface area contributed by atoms with Crippen LogP contribution in [-0.2, 0) is 14.3 Å². The highest BCUT2D eigenvalue weighted by Gasteiger charge is 2.32. The number of piperidine rings is 1. The lowest BCUT2D eigenvalue weighted by Crippen LogP contribution is -2.52. The molecule has 0 radical (unpaired) electrons. The van der Waals surface area contributed by atoms with Crippen LogP contribution in [0.3, 0.4) is 0 Å². The fourth-order valence-electron chi connectivity index (χ4n) is 4.70. The van der Waals surface area contributed by atoms with Gasteiger partial charge in [0.2, 0.25) is 11.8 Å². The smallest absolute Gasteiger partial charge is 0.360 e. The van der Waals surface area contributed by atoms with Crippen molar-refractivity contribution in [2.45, 2.75) is 40.5 Å². The Morgan fingerprint density at radius 2 is 1.50 bits per heavy atom. The summed E-state index contributed by atoms with van der Waals surface area (Å²) < 4.78 is 5.27. The van der Waals surface area contributed by atoms with E-state index in [1.54, 1.807) is 18.7 Å². The Morgan fingerprint density at radius 3 is 2.06 bits per heavy atom. The third-order valence-electron chi connectivity index (χ3n) is 6.91. The molecule has 9 heteroatoms. The van der Waals surface area contributed by atoms with Gasteiger partial charge in [-0.05, 0) is 56.9 Å². The van der Waals surface area contributed by atoms with E-state index in [9.17, 15) is 14.4 Å². The number of fused-ring (bicyclic) bond motifs is 1. The third-order valence-corrected chi connectivity index (χ3v) is 6.91. The molecule has 2 aliphatic heterocycles. The number of hydrogen-bond acceptors (Lipinski definition) is 7. The van der Waals surface area contributed by atoms with Crippen molar-refractivity contribution in [1.82, 2.24) is 19.8 Å². The van der Waals surface area contributed by atoms with Gasteiger partial charge in [-0.25, -0.2) is 14.8 Å². The molecule has 0 atom stereocenters. The molecule has 0 aliphatic carbocycles. The van der Waals surface area contributed by atoms with Gasteiger partial charge in [0.15, 0.2) is 11.5 Å². The van der Waals surface area contributed by atoms with Crippen molar-refractivity contribution in [1.29, 1.82) is 0 Å². The molecule has 0 N–H and O–H groups in total. The number of likely N-dealkylation sites (tertiary alicyclic amines) is 1. The van der Waals surface area contributed by atoms with Crippen molar-refractivity contribution in [2.24, 2.45) is 5.92 Å². The first-order chi connectivity index (χ1) is 16.3. The second kappa shape index (κ2) is 9.95. The van der Waals surface area contributed by atoms with Crippen LogP contribution < -0.4 is 4.90 Å². The molecule has 4 rings (SSSR count). The van der Waals surface area contributed by atoms with Gasteiger partial charge in [0.1, 0.15) is 0 Å². The van der Waals surface area contributed by atoms with E-state index >= 15 is 0 Å². The molecule has 0 unspecified atom stereocenters. The number of anilines is 1. The van der Waals surface area contributed by atoms with E-state index < -0.39 is 5.97 Å². The third kappa shape index (κ3) is 4.83. The van der Waals surface area contributed by atoms with Crippen molar-refractivity contribution >= 4 is 34.6 Å². The lowest BCUT2D eigenvalue weighted by molar-refractivity contribution is -0.140. The Labute approximate surface area is 200 Å². The molecule has 0 spiro atoms. The van der Waals surface area contributed by atoms with E-state index in [0.29, 0.717) is 63.4 Å². The first-order valence-electron chi connectivity index (χ1n) is 12.0. The normalized spacial score (nSPS) is 17.2. The van der Waals surface area contributed by atoms with Gasteiger partial charge in [0, 0.05) is 52.1 Å². The van der Waals surface area contributed by atoms with E-state index in [4.69, 9.17) is 9.72 Å². The molecule has 0 bridgehead atoms. The molecule has 2 aromatic rings. The quantitative estimate of drug-likeness (QED) is 0.637. The predicted octanol–water partition coefficient (Wildman–Crippen LogP) is 2.33. The van der Waals surface area contributed by atoms with Crippen LogP contribution in [0.15, 0.2) is 12.1 Å². The molecule has 1 aromatic heterocycles. The summed E-state index contributed by atoms with van der Waals surface area (Å²) in [5.74, 6) is 0.212. The summed E-state index contributed by atoms with van der Waals surface area (Å²) in [6.07, 6.45) is 1.42. The number of carbonyl (C=O) groups excluding carboxylic acids is 3. The zero-order chi connectivity index (χ0) is 24.4. The molecular weight excluding hydrogens is 434 g/mol. The lowest BCUT2D eigenvalue weighted by atomic mass is 9.95. The zero-order valence-electron chi connectivity index (χ0n) is 20.5. The van der Waals surface area contributed by atoms with E-state index in [0.717, 1.165) is 16.6 Å². The number of piperazine rings is 1. The Kier molecular flexibility index (Phi) is 7.00. The molecule has 2 saturated heterocycles. The highest BCUT2D eigenvalue weighted by molar-refractivity contribution is 5.95. The number of rotatable bonds is 4. The molecule has 0 saturated carbocycles. The van der Waals surface area contributed by atoms with Crippen LogP contribution in [0.1, 0.15) is 48.3 Å². The Hall–Kier alpha value is -3.23. The molecule has 3 heterocycles. The molecule has 9 nitrogen and oxygen atoms in total. The molecule has 34 heavy (non-hydrogen) atoms. The van der Waals surface area contributed by atoms with Crippen LogP contribution >= 0.6 is 0 Å². The average molecular weight is 468 g/mol. The van der Waals surface area contributed by atoms with Crippen molar-refractivity contribution in [3.05, 3.63) is 29.0 Å². The van der Waals surface area contributed by atoms with Crippen LogP contribution in [0.2, 0.25) is 0 Å². The lowest BCUT2D eigenvalue weighted by Gasteiger charge is -2.39. The van der Waals surface area contributed by atoms with Crippen LogP contribution in [-0.4, -0.2) is 83.4 Å². The van der Waals surface area contributed by atoms with E-state index in [2.05, 4.69) is 4.98 Å². The summed E-state index contributed by atoms with van der Waals surface area (Å²) in [5.41, 5.74) is 3.82. The largest absolute Gasteiger partial charge is 0.461 e. The SMILES string of the molecule is CCOC(=O)c1nc2cc(C)c(C)cc2nc1N1CCN(C(=O)C2CCN(C(C)=O)CC2)CC1. The number of aromatic nitrogens is 2. The van der Waals surface area contributed by atoms with E-state index in [-0.39, 0.29) is 30.0 Å². The van der Waals surface area contributed by atoms with E-state index in [1.165, 1.54) is 0 Å². The van der Waals surface area contributed by atoms with E-state index in [1.807, 2.05) is 35.8 Å². The van der Waals surface area contributed by atoms with Gasteiger partial charge in [-0.15, -0.1) is 0 Å². The van der Waals surface area contributed by atoms with Crippen LogP contribution in [0.25, 0.3) is 11.0 Å². The minimum atomic E-state index is -0.485. The Bertz CT molecular complexity index is 1100. The molecule has 2 amide bonds. The molecule has 2 aliphatic rings. The monoisotopic (exact) mass is 467 g/mol. The molecular formula is C25H33N5O4. The average Bonchev–Trinajstić information content (AvgIpc) is 2.84. The second-order valence-electron chi connectivity index (χ2n) is 9.13. The minimum absolute atomic E-state index is 0.0380. The highest BCUT2D eigenvalue weighted by Crippen LogP contribution is 2.26. The number of carbonyl (C=O) groups is 3. The molecule has 182 valence electrons. The van der Waals surface area contributed by atoms with Crippen LogP contribution in [0.5, 0.6) is 0 Å². The van der Waals surface area contributed by atoms with Gasteiger partial charge >= 0.3 is 5.97 Å². The molecule has 1 aromatic carbocycles. The van der Waals surface area contributed by atoms with Crippen molar-refractivity contribution in [2.75, 3.05) is 50.8 Å². The van der Waals surface area contributed by atoms with Gasteiger partial charge in [-0.3, -0.25) is 9.59 Å². The summed E-state index contributed by atoms with van der Waals surface area (Å²) in [5, 5.41) is 0. The number of hydrogen-bond donors (Lipinski definition) is 0. The maximum absolute atomic E-state index is 13.1. The standard InChI is InChI=1S/C25H33N5O4/c1-5-34-25(33)22-23(27-21-15-17(3)16(2)14-20(21)26-22)29-10-12-30(13-11-29)24(32)19-6-8-28(9-7-19)18(4)31/h14-15,19H,5-13H2,1-4H3. The van der Waals surface area contributed by atoms with Crippen LogP contribution in [0.4, 0.5) is 5.82 Å². The maximum Gasteiger partial charge on any atom is 0.360 e. The number of ether oxygens (including phenoxy) is 1. The Balaban J connectivity index is 1.50. The van der Waals surface area contributed by atoms with Gasteiger partial charge < -0.3 is 19.4 Å². The van der Waals surface area contributed by atoms with Gasteiger partial charge in [-0.1, -0.05) is 0 Å². The topological polar surface area (TPSA) is 95.9 Å². The number of aryl methyl sites for hydroxylation is 2.